The molecule has 0 radical (unpaired) electrons. The second-order valence-electron chi connectivity index (χ2n) is 4.12. The molecule has 0 bridgehead atoms. The van der Waals surface area contributed by atoms with Gasteiger partial charge in [0.2, 0.25) is 0 Å². The number of aromatic nitrogens is 2. The minimum atomic E-state index is 0.825. The Hall–Kier alpha value is -2.10. The standard InChI is InChI=1S/C14H18N4/c1-3-16-13-5-4-6-14(17-13)18(2)11-12-7-9-15-10-8-12/h4-10H,3,11H2,1-2H3,(H,16,17). The Morgan fingerprint density at radius 2 is 1.94 bits per heavy atom. The number of pyridine rings is 2. The Labute approximate surface area is 108 Å². The van der Waals surface area contributed by atoms with Gasteiger partial charge in [0.25, 0.3) is 0 Å². The van der Waals surface area contributed by atoms with Crippen LogP contribution in [0.2, 0.25) is 0 Å². The maximum absolute atomic E-state index is 4.56. The highest BCUT2D eigenvalue weighted by molar-refractivity contribution is 5.46. The van der Waals surface area contributed by atoms with E-state index in [1.54, 1.807) is 0 Å². The third-order valence-electron chi connectivity index (χ3n) is 2.65. The molecule has 2 heterocycles. The largest absolute Gasteiger partial charge is 0.370 e. The van der Waals surface area contributed by atoms with Crippen molar-refractivity contribution in [2.75, 3.05) is 23.8 Å². The van der Waals surface area contributed by atoms with Gasteiger partial charge in [-0.3, -0.25) is 4.98 Å². The zero-order valence-electron chi connectivity index (χ0n) is 10.8. The predicted molar refractivity (Wildman–Crippen MR) is 74.7 cm³/mol. The van der Waals surface area contributed by atoms with E-state index in [2.05, 4.69) is 27.1 Å². The molecule has 0 aliphatic rings. The summed E-state index contributed by atoms with van der Waals surface area (Å²) in [7, 11) is 2.04. The van der Waals surface area contributed by atoms with Crippen LogP contribution in [0, 0.1) is 0 Å². The summed E-state index contributed by atoms with van der Waals surface area (Å²) >= 11 is 0. The lowest BCUT2D eigenvalue weighted by atomic mass is 10.2. The fourth-order valence-electron chi connectivity index (χ4n) is 1.76. The highest BCUT2D eigenvalue weighted by atomic mass is 15.2. The molecular formula is C14H18N4. The van der Waals surface area contributed by atoms with E-state index in [0.717, 1.165) is 24.7 Å². The molecule has 4 nitrogen and oxygen atoms in total. The summed E-state index contributed by atoms with van der Waals surface area (Å²) in [4.78, 5) is 10.7. The van der Waals surface area contributed by atoms with Crippen molar-refractivity contribution in [2.24, 2.45) is 0 Å². The lowest BCUT2D eigenvalue weighted by Gasteiger charge is -2.18. The van der Waals surface area contributed by atoms with Crippen molar-refractivity contribution in [1.82, 2.24) is 9.97 Å². The van der Waals surface area contributed by atoms with Crippen molar-refractivity contribution < 1.29 is 0 Å². The molecule has 94 valence electrons. The van der Waals surface area contributed by atoms with Crippen molar-refractivity contribution in [3.05, 3.63) is 48.3 Å². The van der Waals surface area contributed by atoms with Gasteiger partial charge in [0.1, 0.15) is 11.6 Å². The van der Waals surface area contributed by atoms with Gasteiger partial charge >= 0.3 is 0 Å². The van der Waals surface area contributed by atoms with Gasteiger partial charge in [-0.2, -0.15) is 0 Å². The minimum absolute atomic E-state index is 0.825. The molecule has 0 fully saturated rings. The Morgan fingerprint density at radius 3 is 2.67 bits per heavy atom. The van der Waals surface area contributed by atoms with Crippen molar-refractivity contribution in [3.63, 3.8) is 0 Å². The Bertz CT molecular complexity index is 484. The Kier molecular flexibility index (Phi) is 4.12. The zero-order chi connectivity index (χ0) is 12.8. The van der Waals surface area contributed by atoms with Crippen molar-refractivity contribution in [3.8, 4) is 0 Å². The van der Waals surface area contributed by atoms with Crippen LogP contribution in [0.25, 0.3) is 0 Å². The smallest absolute Gasteiger partial charge is 0.130 e. The second kappa shape index (κ2) is 6.00. The molecule has 0 saturated heterocycles. The third-order valence-corrected chi connectivity index (χ3v) is 2.65. The topological polar surface area (TPSA) is 41.0 Å². The number of nitrogens with zero attached hydrogens (tertiary/aromatic N) is 3. The second-order valence-corrected chi connectivity index (χ2v) is 4.12. The maximum atomic E-state index is 4.56. The van der Waals surface area contributed by atoms with E-state index in [0.29, 0.717) is 0 Å². The summed E-state index contributed by atoms with van der Waals surface area (Å²) in [6.45, 7) is 3.77. The summed E-state index contributed by atoms with van der Waals surface area (Å²) in [6.07, 6.45) is 3.62. The fourth-order valence-corrected chi connectivity index (χ4v) is 1.76. The molecule has 4 heteroatoms. The lowest BCUT2D eigenvalue weighted by molar-refractivity contribution is 0.895. The molecule has 2 aromatic heterocycles. The Morgan fingerprint density at radius 1 is 1.17 bits per heavy atom. The number of nitrogens with one attached hydrogen (secondary N) is 1. The van der Waals surface area contributed by atoms with Crippen LogP contribution in [-0.2, 0) is 6.54 Å². The molecule has 0 spiro atoms. The van der Waals surface area contributed by atoms with Crippen LogP contribution in [0.5, 0.6) is 0 Å². The normalized spacial score (nSPS) is 10.1. The van der Waals surface area contributed by atoms with E-state index < -0.39 is 0 Å². The average Bonchev–Trinajstić information content (AvgIpc) is 2.40. The molecule has 0 aromatic carbocycles. The molecule has 2 aromatic rings. The molecule has 0 saturated carbocycles. The lowest BCUT2D eigenvalue weighted by Crippen LogP contribution is -2.18. The first-order valence-corrected chi connectivity index (χ1v) is 6.10. The fraction of sp³-hybridized carbons (Fsp3) is 0.286. The van der Waals surface area contributed by atoms with E-state index >= 15 is 0 Å². The monoisotopic (exact) mass is 242 g/mol. The highest BCUT2D eigenvalue weighted by Gasteiger charge is 2.04. The van der Waals surface area contributed by atoms with Crippen LogP contribution >= 0.6 is 0 Å². The molecule has 2 rings (SSSR count). The van der Waals surface area contributed by atoms with Gasteiger partial charge in [-0.15, -0.1) is 0 Å². The van der Waals surface area contributed by atoms with E-state index in [-0.39, 0.29) is 0 Å². The van der Waals surface area contributed by atoms with Gasteiger partial charge in [0.15, 0.2) is 0 Å². The number of anilines is 2. The first-order chi connectivity index (χ1) is 8.79. The first kappa shape index (κ1) is 12.4. The zero-order valence-corrected chi connectivity index (χ0v) is 10.8. The molecule has 0 amide bonds. The highest BCUT2D eigenvalue weighted by Crippen LogP contribution is 2.15. The van der Waals surface area contributed by atoms with E-state index in [1.165, 1.54) is 5.56 Å². The van der Waals surface area contributed by atoms with E-state index in [4.69, 9.17) is 0 Å². The summed E-state index contributed by atoms with van der Waals surface area (Å²) in [5, 5.41) is 3.22. The molecule has 0 atom stereocenters. The van der Waals surface area contributed by atoms with Crippen LogP contribution in [0.4, 0.5) is 11.6 Å². The molecule has 1 N–H and O–H groups in total. The molecule has 18 heavy (non-hydrogen) atoms. The maximum Gasteiger partial charge on any atom is 0.130 e. The van der Waals surface area contributed by atoms with Gasteiger partial charge in [0.05, 0.1) is 0 Å². The quantitative estimate of drug-likeness (QED) is 0.874. The van der Waals surface area contributed by atoms with Crippen molar-refractivity contribution >= 4 is 11.6 Å². The van der Waals surface area contributed by atoms with Gasteiger partial charge < -0.3 is 10.2 Å². The van der Waals surface area contributed by atoms with Crippen molar-refractivity contribution in [1.29, 1.82) is 0 Å². The van der Waals surface area contributed by atoms with Gasteiger partial charge in [-0.1, -0.05) is 6.07 Å². The first-order valence-electron chi connectivity index (χ1n) is 6.10. The average molecular weight is 242 g/mol. The van der Waals surface area contributed by atoms with Crippen LogP contribution in [0.1, 0.15) is 12.5 Å². The van der Waals surface area contributed by atoms with E-state index in [9.17, 15) is 0 Å². The minimum Gasteiger partial charge on any atom is -0.370 e. The third kappa shape index (κ3) is 3.20. The number of hydrogen-bond donors (Lipinski definition) is 1. The molecular weight excluding hydrogens is 224 g/mol. The summed E-state index contributed by atoms with van der Waals surface area (Å²) in [6, 6.07) is 10.0. The molecule has 0 aliphatic carbocycles. The number of hydrogen-bond acceptors (Lipinski definition) is 4. The van der Waals surface area contributed by atoms with Gasteiger partial charge in [-0.25, -0.2) is 4.98 Å². The van der Waals surface area contributed by atoms with Gasteiger partial charge in [-0.05, 0) is 36.8 Å². The SMILES string of the molecule is CCNc1cccc(N(C)Cc2ccncc2)n1. The molecule has 0 unspecified atom stereocenters. The Balaban J connectivity index is 2.08. The van der Waals surface area contributed by atoms with E-state index in [1.807, 2.05) is 49.8 Å². The van der Waals surface area contributed by atoms with Crippen LogP contribution < -0.4 is 10.2 Å². The number of rotatable bonds is 5. The van der Waals surface area contributed by atoms with Gasteiger partial charge in [0, 0.05) is 32.5 Å². The van der Waals surface area contributed by atoms with Crippen molar-refractivity contribution in [2.45, 2.75) is 13.5 Å². The summed E-state index contributed by atoms with van der Waals surface area (Å²) in [5.41, 5.74) is 1.23. The summed E-state index contributed by atoms with van der Waals surface area (Å²) in [5.74, 6) is 1.88. The predicted octanol–water partition coefficient (Wildman–Crippen LogP) is 2.54. The van der Waals surface area contributed by atoms with Crippen LogP contribution in [-0.4, -0.2) is 23.6 Å². The van der Waals surface area contributed by atoms with Crippen LogP contribution in [0.3, 0.4) is 0 Å². The molecule has 0 aliphatic heterocycles. The van der Waals surface area contributed by atoms with Crippen LogP contribution in [0.15, 0.2) is 42.7 Å². The summed E-state index contributed by atoms with van der Waals surface area (Å²) < 4.78 is 0.